The van der Waals surface area contributed by atoms with E-state index in [-0.39, 0.29) is 18.4 Å². The van der Waals surface area contributed by atoms with Crippen LogP contribution in [-0.4, -0.2) is 46.6 Å². The monoisotopic (exact) mass is 240 g/mol. The molecule has 2 unspecified atom stereocenters. The van der Waals surface area contributed by atoms with Gasteiger partial charge in [0.05, 0.1) is 12.5 Å². The van der Waals surface area contributed by atoms with Crippen LogP contribution in [0.2, 0.25) is 0 Å². The normalized spacial score (nSPS) is 31.5. The summed E-state index contributed by atoms with van der Waals surface area (Å²) in [4.78, 5) is 24.9. The van der Waals surface area contributed by atoms with E-state index in [4.69, 9.17) is 5.11 Å². The van der Waals surface area contributed by atoms with Crippen molar-refractivity contribution in [2.45, 2.75) is 57.2 Å². The predicted octanol–water partition coefficient (Wildman–Crippen LogP) is 0.593. The molecule has 1 saturated carbocycles. The largest absolute Gasteiger partial charge is 0.481 e. The highest BCUT2D eigenvalue weighted by molar-refractivity contribution is 5.87. The topological polar surface area (TPSA) is 69.6 Å². The zero-order valence-corrected chi connectivity index (χ0v) is 10.2. The predicted molar refractivity (Wildman–Crippen MR) is 62.6 cm³/mol. The van der Waals surface area contributed by atoms with Gasteiger partial charge in [-0.3, -0.25) is 14.5 Å². The van der Waals surface area contributed by atoms with Crippen molar-refractivity contribution in [2.75, 3.05) is 6.54 Å². The van der Waals surface area contributed by atoms with Gasteiger partial charge < -0.3 is 10.4 Å². The number of rotatable bonds is 3. The number of nitrogens with zero attached hydrogens (tertiary/aromatic N) is 1. The number of carbonyl (C=O) groups is 2. The van der Waals surface area contributed by atoms with E-state index in [1.54, 1.807) is 0 Å². The zero-order chi connectivity index (χ0) is 12.4. The third kappa shape index (κ3) is 2.77. The number of carboxylic acids is 1. The van der Waals surface area contributed by atoms with Gasteiger partial charge in [0.2, 0.25) is 5.91 Å². The molecule has 2 rings (SSSR count). The first-order valence-corrected chi connectivity index (χ1v) is 6.36. The van der Waals surface area contributed by atoms with E-state index in [9.17, 15) is 9.59 Å². The van der Waals surface area contributed by atoms with Crippen LogP contribution in [0, 0.1) is 0 Å². The molecule has 96 valence electrons. The van der Waals surface area contributed by atoms with E-state index in [1.165, 1.54) is 12.8 Å². The molecule has 2 aliphatic rings. The van der Waals surface area contributed by atoms with Crippen molar-refractivity contribution >= 4 is 11.9 Å². The Morgan fingerprint density at radius 3 is 2.71 bits per heavy atom. The Morgan fingerprint density at radius 2 is 2.12 bits per heavy atom. The maximum atomic E-state index is 11.9. The first kappa shape index (κ1) is 12.4. The van der Waals surface area contributed by atoms with Crippen LogP contribution in [0.15, 0.2) is 0 Å². The molecule has 0 aromatic carbocycles. The quantitative estimate of drug-likeness (QED) is 0.757. The summed E-state index contributed by atoms with van der Waals surface area (Å²) < 4.78 is 0. The lowest BCUT2D eigenvalue weighted by molar-refractivity contribution is -0.144. The molecule has 2 N–H and O–H groups in total. The smallest absolute Gasteiger partial charge is 0.305 e. The fraction of sp³-hybridized carbons (Fsp3) is 0.833. The van der Waals surface area contributed by atoms with Crippen molar-refractivity contribution < 1.29 is 14.7 Å². The second-order valence-electron chi connectivity index (χ2n) is 5.16. The van der Waals surface area contributed by atoms with Gasteiger partial charge in [0.15, 0.2) is 0 Å². The number of carboxylic acid groups (broad SMARTS) is 1. The van der Waals surface area contributed by atoms with Crippen LogP contribution < -0.4 is 5.32 Å². The van der Waals surface area contributed by atoms with E-state index in [0.717, 1.165) is 19.4 Å². The van der Waals surface area contributed by atoms with Gasteiger partial charge in [0.25, 0.3) is 0 Å². The molecular weight excluding hydrogens is 220 g/mol. The molecule has 0 radical (unpaired) electrons. The van der Waals surface area contributed by atoms with Crippen LogP contribution in [0.4, 0.5) is 0 Å². The Bertz CT molecular complexity index is 313. The van der Waals surface area contributed by atoms with Crippen molar-refractivity contribution in [3.8, 4) is 0 Å². The summed E-state index contributed by atoms with van der Waals surface area (Å²) in [7, 11) is 0. The maximum absolute atomic E-state index is 11.9. The Kier molecular flexibility index (Phi) is 3.66. The molecule has 0 bridgehead atoms. The fourth-order valence-corrected chi connectivity index (χ4v) is 2.99. The van der Waals surface area contributed by atoms with Crippen molar-refractivity contribution in [1.82, 2.24) is 10.2 Å². The van der Waals surface area contributed by atoms with Crippen LogP contribution in [-0.2, 0) is 9.59 Å². The van der Waals surface area contributed by atoms with Crippen molar-refractivity contribution in [3.05, 3.63) is 0 Å². The summed E-state index contributed by atoms with van der Waals surface area (Å²) in [6.07, 6.45) is 4.48. The Hall–Kier alpha value is -1.10. The first-order valence-electron chi connectivity index (χ1n) is 6.36. The van der Waals surface area contributed by atoms with Crippen molar-refractivity contribution in [2.24, 2.45) is 0 Å². The van der Waals surface area contributed by atoms with Gasteiger partial charge in [-0.15, -0.1) is 0 Å². The molecule has 5 nitrogen and oxygen atoms in total. The molecular formula is C12H20N2O3. The average Bonchev–Trinajstić information content (AvgIpc) is 2.74. The highest BCUT2D eigenvalue weighted by Crippen LogP contribution is 2.27. The van der Waals surface area contributed by atoms with Crippen LogP contribution in [0.5, 0.6) is 0 Å². The second-order valence-corrected chi connectivity index (χ2v) is 5.16. The van der Waals surface area contributed by atoms with Crippen molar-refractivity contribution in [1.29, 1.82) is 0 Å². The van der Waals surface area contributed by atoms with E-state index in [2.05, 4.69) is 10.2 Å². The Balaban J connectivity index is 2.11. The summed E-state index contributed by atoms with van der Waals surface area (Å²) >= 11 is 0. The minimum absolute atomic E-state index is 0.0882. The molecule has 0 spiro atoms. The number of carbonyl (C=O) groups excluding carboxylic acids is 1. The first-order chi connectivity index (χ1) is 8.08. The van der Waals surface area contributed by atoms with E-state index in [1.807, 2.05) is 6.92 Å². The van der Waals surface area contributed by atoms with Crippen LogP contribution in [0.25, 0.3) is 0 Å². The summed E-state index contributed by atoms with van der Waals surface area (Å²) in [5.74, 6) is -1.03. The lowest BCUT2D eigenvalue weighted by Crippen LogP contribution is -2.61. The highest BCUT2D eigenvalue weighted by Gasteiger charge is 2.38. The molecule has 1 amide bonds. The molecule has 0 aromatic rings. The number of aliphatic carboxylic acids is 1. The maximum Gasteiger partial charge on any atom is 0.305 e. The summed E-state index contributed by atoms with van der Waals surface area (Å²) in [6, 6.07) is 0.0350. The zero-order valence-electron chi connectivity index (χ0n) is 10.2. The summed E-state index contributed by atoms with van der Waals surface area (Å²) in [5, 5.41) is 11.7. The molecule has 1 aliphatic carbocycles. The third-order valence-corrected chi connectivity index (χ3v) is 3.74. The van der Waals surface area contributed by atoms with Gasteiger partial charge in [0, 0.05) is 18.6 Å². The number of amides is 1. The molecule has 2 atom stereocenters. The lowest BCUT2D eigenvalue weighted by atomic mass is 10.0. The van der Waals surface area contributed by atoms with Crippen LogP contribution in [0.1, 0.15) is 39.0 Å². The highest BCUT2D eigenvalue weighted by atomic mass is 16.4. The van der Waals surface area contributed by atoms with Crippen LogP contribution >= 0.6 is 0 Å². The van der Waals surface area contributed by atoms with Crippen LogP contribution in [0.3, 0.4) is 0 Å². The molecule has 17 heavy (non-hydrogen) atoms. The van der Waals surface area contributed by atoms with Gasteiger partial charge in [-0.05, 0) is 19.8 Å². The van der Waals surface area contributed by atoms with E-state index in [0.29, 0.717) is 6.04 Å². The lowest BCUT2D eigenvalue weighted by Gasteiger charge is -2.41. The molecule has 1 aliphatic heterocycles. The fourth-order valence-electron chi connectivity index (χ4n) is 2.99. The molecule has 2 fully saturated rings. The SMILES string of the molecule is CC1CN(C2CCCC2)C(CC(=O)O)C(=O)N1. The third-order valence-electron chi connectivity index (χ3n) is 3.74. The average molecular weight is 240 g/mol. The molecule has 1 heterocycles. The minimum atomic E-state index is -0.900. The van der Waals surface area contributed by atoms with Gasteiger partial charge in [-0.2, -0.15) is 0 Å². The molecule has 0 aromatic heterocycles. The van der Waals surface area contributed by atoms with Gasteiger partial charge in [0.1, 0.15) is 0 Å². The van der Waals surface area contributed by atoms with Crippen molar-refractivity contribution in [3.63, 3.8) is 0 Å². The van der Waals surface area contributed by atoms with Gasteiger partial charge >= 0.3 is 5.97 Å². The summed E-state index contributed by atoms with van der Waals surface area (Å²) in [5.41, 5.74) is 0. The minimum Gasteiger partial charge on any atom is -0.481 e. The number of hydrogen-bond acceptors (Lipinski definition) is 3. The molecule has 5 heteroatoms. The molecule has 1 saturated heterocycles. The van der Waals surface area contributed by atoms with Gasteiger partial charge in [-0.1, -0.05) is 12.8 Å². The Morgan fingerprint density at radius 1 is 1.47 bits per heavy atom. The second kappa shape index (κ2) is 5.04. The van der Waals surface area contributed by atoms with Gasteiger partial charge in [-0.25, -0.2) is 0 Å². The number of nitrogens with one attached hydrogen (secondary N) is 1. The summed E-state index contributed by atoms with van der Waals surface area (Å²) in [6.45, 7) is 2.74. The Labute approximate surface area is 101 Å². The van der Waals surface area contributed by atoms with E-state index >= 15 is 0 Å². The number of hydrogen-bond donors (Lipinski definition) is 2. The number of piperazine rings is 1. The standard InChI is InChI=1S/C12H20N2O3/c1-8-7-14(9-4-2-3-5-9)10(6-11(15)16)12(17)13-8/h8-10H,2-7H2,1H3,(H,13,17)(H,15,16). The van der Waals surface area contributed by atoms with E-state index < -0.39 is 12.0 Å².